The topological polar surface area (TPSA) is 67.4 Å². The van der Waals surface area contributed by atoms with Gasteiger partial charge in [0.25, 0.3) is 0 Å². The third-order valence-corrected chi connectivity index (χ3v) is 3.38. The Hall–Kier alpha value is -2.14. The molecule has 0 aliphatic carbocycles. The van der Waals surface area contributed by atoms with Gasteiger partial charge >= 0.3 is 5.97 Å². The second-order valence-corrected chi connectivity index (χ2v) is 6.66. The van der Waals surface area contributed by atoms with Crippen LogP contribution in [0.5, 0.6) is 0 Å². The molecule has 0 radical (unpaired) electrons. The molecule has 1 aromatic carbocycles. The molecule has 1 fully saturated rings. The summed E-state index contributed by atoms with van der Waals surface area (Å²) in [6.45, 7) is 6.17. The third kappa shape index (κ3) is 5.53. The average molecular weight is 316 g/mol. The van der Waals surface area contributed by atoms with Crippen molar-refractivity contribution in [3.63, 3.8) is 0 Å². The normalized spacial score (nSPS) is 19.6. The van der Waals surface area contributed by atoms with E-state index in [9.17, 15) is 9.59 Å². The van der Waals surface area contributed by atoms with Gasteiger partial charge in [0.1, 0.15) is 12.1 Å². The van der Waals surface area contributed by atoms with Crippen molar-refractivity contribution < 1.29 is 14.3 Å². The predicted octanol–water partition coefficient (Wildman–Crippen LogP) is 1.89. The van der Waals surface area contributed by atoms with Gasteiger partial charge in [0.05, 0.1) is 6.61 Å². The molecular formula is C18H24N2O3. The fourth-order valence-electron chi connectivity index (χ4n) is 2.30. The Balaban J connectivity index is 2.11. The van der Waals surface area contributed by atoms with Gasteiger partial charge in [0.15, 0.2) is 0 Å². The molecule has 0 bridgehead atoms. The molecule has 1 aliphatic heterocycles. The number of carbonyl (C=O) groups excluding carboxylic acids is 2. The Morgan fingerprint density at radius 2 is 2.00 bits per heavy atom. The predicted molar refractivity (Wildman–Crippen MR) is 89.7 cm³/mol. The monoisotopic (exact) mass is 316 g/mol. The van der Waals surface area contributed by atoms with E-state index in [-0.39, 0.29) is 17.4 Å². The number of carbonyl (C=O) groups is 2. The van der Waals surface area contributed by atoms with E-state index in [2.05, 4.69) is 10.6 Å². The molecule has 0 spiro atoms. The summed E-state index contributed by atoms with van der Waals surface area (Å²) in [5, 5.41) is 6.02. The number of ether oxygens (including phenoxy) is 1. The van der Waals surface area contributed by atoms with Gasteiger partial charge in [-0.3, -0.25) is 14.9 Å². The maximum atomic E-state index is 12.5. The maximum Gasteiger partial charge on any atom is 0.323 e. The first kappa shape index (κ1) is 17.2. The number of rotatable bonds is 5. The van der Waals surface area contributed by atoms with Gasteiger partial charge in [-0.25, -0.2) is 0 Å². The molecule has 1 amide bonds. The minimum Gasteiger partial charge on any atom is -0.464 e. The average Bonchev–Trinajstić information content (AvgIpc) is 2.88. The van der Waals surface area contributed by atoms with Crippen molar-refractivity contribution in [2.24, 2.45) is 0 Å². The molecule has 23 heavy (non-hydrogen) atoms. The van der Waals surface area contributed by atoms with Crippen LogP contribution in [-0.4, -0.2) is 36.1 Å². The van der Waals surface area contributed by atoms with Gasteiger partial charge in [-0.2, -0.15) is 0 Å². The highest BCUT2D eigenvalue weighted by Crippen LogP contribution is 2.10. The minimum atomic E-state index is -0.593. The first-order valence-electron chi connectivity index (χ1n) is 7.83. The molecule has 5 heteroatoms. The van der Waals surface area contributed by atoms with Crippen LogP contribution in [0.15, 0.2) is 36.4 Å². The minimum absolute atomic E-state index is 0.163. The van der Waals surface area contributed by atoms with Crippen molar-refractivity contribution in [2.45, 2.75) is 44.8 Å². The molecule has 1 aliphatic rings. The summed E-state index contributed by atoms with van der Waals surface area (Å²) in [7, 11) is 0. The molecule has 1 aromatic rings. The van der Waals surface area contributed by atoms with Crippen LogP contribution < -0.4 is 10.6 Å². The molecule has 2 rings (SSSR count). The standard InChI is InChI=1S/C18H24N2O3/c1-18(2,3)20-16(21)14(19-15-11-12-23-17(15)22)10-9-13-7-5-4-6-8-13/h4-10,14-15,19H,11-12H2,1-3H3,(H,20,21)/b10-9+/t14-,15+/m1/s1. The van der Waals surface area contributed by atoms with E-state index in [0.29, 0.717) is 13.0 Å². The summed E-state index contributed by atoms with van der Waals surface area (Å²) in [6.07, 6.45) is 4.24. The molecule has 2 atom stereocenters. The van der Waals surface area contributed by atoms with E-state index in [1.807, 2.05) is 57.2 Å². The SMILES string of the molecule is CC(C)(C)NC(=O)[C@@H](/C=C/c1ccccc1)N[C@H]1CCOC1=O. The number of esters is 1. The van der Waals surface area contributed by atoms with Crippen molar-refractivity contribution in [3.05, 3.63) is 42.0 Å². The second kappa shape index (κ2) is 7.42. The molecule has 5 nitrogen and oxygen atoms in total. The first-order chi connectivity index (χ1) is 10.8. The number of nitrogens with one attached hydrogen (secondary N) is 2. The lowest BCUT2D eigenvalue weighted by atomic mass is 10.1. The Kier molecular flexibility index (Phi) is 5.55. The number of benzene rings is 1. The highest BCUT2D eigenvalue weighted by atomic mass is 16.5. The molecule has 124 valence electrons. The Bertz CT molecular complexity index is 576. The number of hydrogen-bond donors (Lipinski definition) is 2. The van der Waals surface area contributed by atoms with Crippen molar-refractivity contribution in [2.75, 3.05) is 6.61 Å². The fourth-order valence-corrected chi connectivity index (χ4v) is 2.30. The van der Waals surface area contributed by atoms with Crippen LogP contribution >= 0.6 is 0 Å². The molecule has 1 saturated heterocycles. The summed E-state index contributed by atoms with van der Waals surface area (Å²) >= 11 is 0. The third-order valence-electron chi connectivity index (χ3n) is 3.38. The van der Waals surface area contributed by atoms with Crippen molar-refractivity contribution >= 4 is 18.0 Å². The van der Waals surface area contributed by atoms with E-state index in [1.54, 1.807) is 6.08 Å². The van der Waals surface area contributed by atoms with Gasteiger partial charge in [-0.05, 0) is 26.3 Å². The zero-order valence-electron chi connectivity index (χ0n) is 13.8. The van der Waals surface area contributed by atoms with Crippen LogP contribution in [-0.2, 0) is 14.3 Å². The molecule has 0 saturated carbocycles. The van der Waals surface area contributed by atoms with E-state index < -0.39 is 12.1 Å². The van der Waals surface area contributed by atoms with Crippen LogP contribution in [0, 0.1) is 0 Å². The summed E-state index contributed by atoms with van der Waals surface area (Å²) in [4.78, 5) is 24.1. The first-order valence-corrected chi connectivity index (χ1v) is 7.83. The van der Waals surface area contributed by atoms with E-state index in [0.717, 1.165) is 5.56 Å². The summed E-state index contributed by atoms with van der Waals surface area (Å²) in [5.74, 6) is -0.462. The van der Waals surface area contributed by atoms with Gasteiger partial charge in [-0.1, -0.05) is 42.5 Å². The maximum absolute atomic E-state index is 12.5. The smallest absolute Gasteiger partial charge is 0.323 e. The van der Waals surface area contributed by atoms with E-state index >= 15 is 0 Å². The second-order valence-electron chi connectivity index (χ2n) is 6.66. The summed E-state index contributed by atoms with van der Waals surface area (Å²) in [5.41, 5.74) is 0.658. The summed E-state index contributed by atoms with van der Waals surface area (Å²) < 4.78 is 4.95. The molecular weight excluding hydrogens is 292 g/mol. The molecule has 1 heterocycles. The van der Waals surface area contributed by atoms with Crippen LogP contribution in [0.25, 0.3) is 6.08 Å². The highest BCUT2D eigenvalue weighted by molar-refractivity contribution is 5.87. The Morgan fingerprint density at radius 3 is 2.57 bits per heavy atom. The molecule has 0 aromatic heterocycles. The molecule has 2 N–H and O–H groups in total. The summed E-state index contributed by atoms with van der Waals surface area (Å²) in [6, 6.07) is 8.69. The van der Waals surface area contributed by atoms with Gasteiger partial charge in [0, 0.05) is 12.0 Å². The molecule has 0 unspecified atom stereocenters. The number of cyclic esters (lactones) is 1. The Morgan fingerprint density at radius 1 is 1.30 bits per heavy atom. The van der Waals surface area contributed by atoms with Crippen LogP contribution in [0.4, 0.5) is 0 Å². The lowest BCUT2D eigenvalue weighted by Crippen LogP contribution is -2.53. The lowest BCUT2D eigenvalue weighted by molar-refractivity contribution is -0.139. The van der Waals surface area contributed by atoms with Crippen molar-refractivity contribution in [1.29, 1.82) is 0 Å². The van der Waals surface area contributed by atoms with E-state index in [1.165, 1.54) is 0 Å². The van der Waals surface area contributed by atoms with Crippen molar-refractivity contribution in [1.82, 2.24) is 10.6 Å². The van der Waals surface area contributed by atoms with Gasteiger partial charge in [0.2, 0.25) is 5.91 Å². The van der Waals surface area contributed by atoms with Gasteiger partial charge in [-0.15, -0.1) is 0 Å². The van der Waals surface area contributed by atoms with Crippen LogP contribution in [0.1, 0.15) is 32.8 Å². The fraction of sp³-hybridized carbons (Fsp3) is 0.444. The van der Waals surface area contributed by atoms with E-state index in [4.69, 9.17) is 4.74 Å². The lowest BCUT2D eigenvalue weighted by Gasteiger charge is -2.25. The Labute approximate surface area is 137 Å². The largest absolute Gasteiger partial charge is 0.464 e. The number of amides is 1. The van der Waals surface area contributed by atoms with Crippen LogP contribution in [0.3, 0.4) is 0 Å². The van der Waals surface area contributed by atoms with Crippen molar-refractivity contribution in [3.8, 4) is 0 Å². The van der Waals surface area contributed by atoms with Crippen LogP contribution in [0.2, 0.25) is 0 Å². The zero-order chi connectivity index (χ0) is 16.9. The van der Waals surface area contributed by atoms with Gasteiger partial charge < -0.3 is 10.1 Å². The quantitative estimate of drug-likeness (QED) is 0.814. The zero-order valence-corrected chi connectivity index (χ0v) is 13.8. The number of hydrogen-bond acceptors (Lipinski definition) is 4. The highest BCUT2D eigenvalue weighted by Gasteiger charge is 2.31.